The van der Waals surface area contributed by atoms with Gasteiger partial charge in [-0.05, 0) is 38.0 Å². The van der Waals surface area contributed by atoms with Gasteiger partial charge in [-0.3, -0.25) is 0 Å². The zero-order valence-electron chi connectivity index (χ0n) is 9.78. The molecule has 0 aliphatic rings. The SMILES string of the molecule is COC(=O)c1cc(CC=C(C)C)ccc1O. The van der Waals surface area contributed by atoms with Crippen LogP contribution in [0.1, 0.15) is 29.8 Å². The molecule has 0 unspecified atom stereocenters. The molecular weight excluding hydrogens is 204 g/mol. The lowest BCUT2D eigenvalue weighted by atomic mass is 10.1. The van der Waals surface area contributed by atoms with E-state index in [4.69, 9.17) is 0 Å². The number of phenols is 1. The van der Waals surface area contributed by atoms with Gasteiger partial charge in [0.25, 0.3) is 0 Å². The van der Waals surface area contributed by atoms with E-state index in [9.17, 15) is 9.90 Å². The summed E-state index contributed by atoms with van der Waals surface area (Å²) in [5, 5.41) is 9.50. The van der Waals surface area contributed by atoms with Crippen LogP contribution in [0.3, 0.4) is 0 Å². The first-order valence-corrected chi connectivity index (χ1v) is 5.08. The minimum Gasteiger partial charge on any atom is -0.507 e. The highest BCUT2D eigenvalue weighted by Crippen LogP contribution is 2.20. The molecule has 1 N–H and O–H groups in total. The Labute approximate surface area is 95.4 Å². The number of esters is 1. The number of carbonyl (C=O) groups excluding carboxylic acids is 1. The van der Waals surface area contributed by atoms with E-state index < -0.39 is 5.97 Å². The lowest BCUT2D eigenvalue weighted by Crippen LogP contribution is -2.02. The number of aromatic hydroxyl groups is 1. The van der Waals surface area contributed by atoms with Gasteiger partial charge in [0.2, 0.25) is 0 Å². The summed E-state index contributed by atoms with van der Waals surface area (Å²) in [6, 6.07) is 4.96. The quantitative estimate of drug-likeness (QED) is 0.629. The summed E-state index contributed by atoms with van der Waals surface area (Å²) in [7, 11) is 1.30. The van der Waals surface area contributed by atoms with Crippen LogP contribution in [-0.2, 0) is 11.2 Å². The number of phenolic OH excluding ortho intramolecular Hbond substituents is 1. The van der Waals surface area contributed by atoms with Gasteiger partial charge in [0.1, 0.15) is 11.3 Å². The van der Waals surface area contributed by atoms with Crippen LogP contribution in [0.2, 0.25) is 0 Å². The van der Waals surface area contributed by atoms with Crippen molar-refractivity contribution in [2.24, 2.45) is 0 Å². The van der Waals surface area contributed by atoms with E-state index in [2.05, 4.69) is 10.8 Å². The molecular formula is C13H16O3. The Morgan fingerprint density at radius 1 is 1.44 bits per heavy atom. The second-order valence-corrected chi connectivity index (χ2v) is 3.83. The standard InChI is InChI=1S/C13H16O3/c1-9(2)4-5-10-6-7-12(14)11(8-10)13(15)16-3/h4,6-8,14H,5H2,1-3H3. The monoisotopic (exact) mass is 220 g/mol. The van der Waals surface area contributed by atoms with Crippen LogP contribution < -0.4 is 0 Å². The third-order valence-electron chi connectivity index (χ3n) is 2.21. The van der Waals surface area contributed by atoms with Gasteiger partial charge in [-0.25, -0.2) is 4.79 Å². The molecule has 0 saturated heterocycles. The van der Waals surface area contributed by atoms with Crippen LogP contribution in [0.15, 0.2) is 29.8 Å². The van der Waals surface area contributed by atoms with Crippen molar-refractivity contribution in [2.45, 2.75) is 20.3 Å². The van der Waals surface area contributed by atoms with Gasteiger partial charge in [0.05, 0.1) is 7.11 Å². The first-order valence-electron chi connectivity index (χ1n) is 5.08. The molecule has 1 aromatic rings. The van der Waals surface area contributed by atoms with E-state index in [1.165, 1.54) is 18.7 Å². The molecule has 0 spiro atoms. The maximum atomic E-state index is 11.3. The van der Waals surface area contributed by atoms with Gasteiger partial charge in [0, 0.05) is 0 Å². The summed E-state index contributed by atoms with van der Waals surface area (Å²) in [5.41, 5.74) is 2.40. The Hall–Kier alpha value is -1.77. The predicted molar refractivity (Wildman–Crippen MR) is 62.6 cm³/mol. The lowest BCUT2D eigenvalue weighted by molar-refractivity contribution is 0.0597. The molecule has 0 radical (unpaired) electrons. The van der Waals surface area contributed by atoms with Crippen molar-refractivity contribution in [3.8, 4) is 5.75 Å². The minimum atomic E-state index is -0.517. The number of allylic oxidation sites excluding steroid dienone is 2. The first-order chi connectivity index (χ1) is 7.54. The third-order valence-corrected chi connectivity index (χ3v) is 2.21. The van der Waals surface area contributed by atoms with Crippen molar-refractivity contribution in [3.05, 3.63) is 41.0 Å². The second-order valence-electron chi connectivity index (χ2n) is 3.83. The summed E-state index contributed by atoms with van der Waals surface area (Å²) < 4.78 is 4.58. The largest absolute Gasteiger partial charge is 0.507 e. The normalized spacial score (nSPS) is 9.69. The Morgan fingerprint density at radius 3 is 2.69 bits per heavy atom. The molecule has 0 bridgehead atoms. The number of carbonyl (C=O) groups is 1. The summed E-state index contributed by atoms with van der Waals surface area (Å²) in [5.74, 6) is -0.565. The second kappa shape index (κ2) is 5.35. The molecule has 0 atom stereocenters. The number of rotatable bonds is 3. The minimum absolute atomic E-state index is 0.0483. The van der Waals surface area contributed by atoms with E-state index in [-0.39, 0.29) is 11.3 Å². The van der Waals surface area contributed by atoms with Crippen LogP contribution in [0.25, 0.3) is 0 Å². The highest BCUT2D eigenvalue weighted by atomic mass is 16.5. The highest BCUT2D eigenvalue weighted by Gasteiger charge is 2.11. The number of methoxy groups -OCH3 is 1. The first kappa shape index (κ1) is 12.3. The molecule has 0 heterocycles. The molecule has 0 fully saturated rings. The molecule has 1 aromatic carbocycles. The van der Waals surface area contributed by atoms with Crippen LogP contribution >= 0.6 is 0 Å². The maximum Gasteiger partial charge on any atom is 0.341 e. The Balaban J connectivity index is 2.98. The zero-order chi connectivity index (χ0) is 12.1. The molecule has 0 saturated carbocycles. The number of hydrogen-bond donors (Lipinski definition) is 1. The average molecular weight is 220 g/mol. The zero-order valence-corrected chi connectivity index (χ0v) is 9.78. The topological polar surface area (TPSA) is 46.5 Å². The van der Waals surface area contributed by atoms with Gasteiger partial charge in [-0.2, -0.15) is 0 Å². The molecule has 0 aromatic heterocycles. The number of ether oxygens (including phenoxy) is 1. The van der Waals surface area contributed by atoms with Crippen molar-refractivity contribution in [3.63, 3.8) is 0 Å². The highest BCUT2D eigenvalue weighted by molar-refractivity contribution is 5.92. The van der Waals surface area contributed by atoms with Gasteiger partial charge in [-0.15, -0.1) is 0 Å². The van der Waals surface area contributed by atoms with Crippen molar-refractivity contribution in [1.82, 2.24) is 0 Å². The van der Waals surface area contributed by atoms with Crippen LogP contribution in [0, 0.1) is 0 Å². The molecule has 0 aliphatic heterocycles. The van der Waals surface area contributed by atoms with E-state index in [0.29, 0.717) is 0 Å². The molecule has 3 nitrogen and oxygen atoms in total. The Bertz CT molecular complexity index is 415. The van der Waals surface area contributed by atoms with Crippen LogP contribution in [-0.4, -0.2) is 18.2 Å². The molecule has 3 heteroatoms. The smallest absolute Gasteiger partial charge is 0.341 e. The maximum absolute atomic E-state index is 11.3. The van der Waals surface area contributed by atoms with E-state index in [1.807, 2.05) is 13.8 Å². The van der Waals surface area contributed by atoms with E-state index in [1.54, 1.807) is 12.1 Å². The summed E-state index contributed by atoms with van der Waals surface area (Å²) in [4.78, 5) is 11.3. The number of benzene rings is 1. The van der Waals surface area contributed by atoms with Gasteiger partial charge >= 0.3 is 5.97 Å². The van der Waals surface area contributed by atoms with Gasteiger partial charge in [-0.1, -0.05) is 17.7 Å². The third kappa shape index (κ3) is 3.12. The summed E-state index contributed by atoms with van der Waals surface area (Å²) in [6.07, 6.45) is 2.81. The number of hydrogen-bond acceptors (Lipinski definition) is 3. The van der Waals surface area contributed by atoms with Crippen LogP contribution in [0.5, 0.6) is 5.75 Å². The molecule has 0 aliphatic carbocycles. The van der Waals surface area contributed by atoms with E-state index in [0.717, 1.165) is 12.0 Å². The fraction of sp³-hybridized carbons (Fsp3) is 0.308. The van der Waals surface area contributed by atoms with Crippen molar-refractivity contribution < 1.29 is 14.6 Å². The average Bonchev–Trinajstić information content (AvgIpc) is 2.27. The van der Waals surface area contributed by atoms with Crippen molar-refractivity contribution in [1.29, 1.82) is 0 Å². The fourth-order valence-corrected chi connectivity index (χ4v) is 1.31. The Morgan fingerprint density at radius 2 is 2.12 bits per heavy atom. The summed E-state index contributed by atoms with van der Waals surface area (Å²) >= 11 is 0. The fourth-order valence-electron chi connectivity index (χ4n) is 1.31. The van der Waals surface area contributed by atoms with E-state index >= 15 is 0 Å². The molecule has 0 amide bonds. The predicted octanol–water partition coefficient (Wildman–Crippen LogP) is 2.69. The molecule has 16 heavy (non-hydrogen) atoms. The Kier molecular flexibility index (Phi) is 4.11. The van der Waals surface area contributed by atoms with Crippen molar-refractivity contribution in [2.75, 3.05) is 7.11 Å². The van der Waals surface area contributed by atoms with Gasteiger partial charge < -0.3 is 9.84 Å². The van der Waals surface area contributed by atoms with Gasteiger partial charge in [0.15, 0.2) is 0 Å². The lowest BCUT2D eigenvalue weighted by Gasteiger charge is -2.04. The molecule has 86 valence electrons. The molecule has 1 rings (SSSR count). The van der Waals surface area contributed by atoms with Crippen molar-refractivity contribution >= 4 is 5.97 Å². The van der Waals surface area contributed by atoms with Crippen LogP contribution in [0.4, 0.5) is 0 Å². The summed E-state index contributed by atoms with van der Waals surface area (Å²) in [6.45, 7) is 4.03.